The van der Waals surface area contributed by atoms with Crippen molar-refractivity contribution in [3.63, 3.8) is 0 Å². The van der Waals surface area contributed by atoms with Gasteiger partial charge in [0.05, 0.1) is 10.4 Å². The molecule has 0 aliphatic rings. The van der Waals surface area contributed by atoms with Crippen LogP contribution < -0.4 is 5.32 Å². The molecule has 2 aromatic heterocycles. The molecule has 0 aliphatic carbocycles. The van der Waals surface area contributed by atoms with E-state index in [1.165, 1.54) is 29.5 Å². The Morgan fingerprint density at radius 3 is 2.60 bits per heavy atom. The Morgan fingerprint density at radius 2 is 2.00 bits per heavy atom. The summed E-state index contributed by atoms with van der Waals surface area (Å²) in [4.78, 5) is 27.5. The van der Waals surface area contributed by atoms with E-state index in [-0.39, 0.29) is 17.4 Å². The van der Waals surface area contributed by atoms with E-state index in [1.54, 1.807) is 6.07 Å². The lowest BCUT2D eigenvalue weighted by molar-refractivity contribution is 0.0690. The highest BCUT2D eigenvalue weighted by molar-refractivity contribution is 7.16. The number of halogens is 1. The summed E-state index contributed by atoms with van der Waals surface area (Å²) in [6.07, 6.45) is 0. The highest BCUT2D eigenvalue weighted by Crippen LogP contribution is 2.26. The SMILES string of the molecule is CC(NC(=O)c1cccc(C(=O)O)n1)c1ccc(Cl)s1. The number of carbonyl (C=O) groups excluding carboxylic acids is 1. The van der Waals surface area contributed by atoms with Crippen LogP contribution in [0.15, 0.2) is 30.3 Å². The molecule has 1 atom stereocenters. The zero-order valence-electron chi connectivity index (χ0n) is 10.5. The summed E-state index contributed by atoms with van der Waals surface area (Å²) in [5, 5.41) is 11.6. The fraction of sp³-hybridized carbons (Fsp3) is 0.154. The zero-order valence-corrected chi connectivity index (χ0v) is 12.0. The Bertz CT molecular complexity index is 657. The fourth-order valence-corrected chi connectivity index (χ4v) is 2.65. The number of rotatable bonds is 4. The average molecular weight is 311 g/mol. The van der Waals surface area contributed by atoms with Gasteiger partial charge in [-0.2, -0.15) is 0 Å². The van der Waals surface area contributed by atoms with Gasteiger partial charge >= 0.3 is 5.97 Å². The molecule has 1 amide bonds. The molecule has 0 radical (unpaired) electrons. The third kappa shape index (κ3) is 3.34. The maximum absolute atomic E-state index is 12.0. The van der Waals surface area contributed by atoms with Gasteiger partial charge in [0.25, 0.3) is 5.91 Å². The number of nitrogens with zero attached hydrogens (tertiary/aromatic N) is 1. The molecule has 1 unspecified atom stereocenters. The third-order valence-corrected chi connectivity index (χ3v) is 3.98. The molecule has 2 rings (SSSR count). The van der Waals surface area contributed by atoms with Crippen LogP contribution in [0.25, 0.3) is 0 Å². The number of aromatic nitrogens is 1. The van der Waals surface area contributed by atoms with E-state index >= 15 is 0 Å². The molecule has 104 valence electrons. The largest absolute Gasteiger partial charge is 0.477 e. The van der Waals surface area contributed by atoms with Gasteiger partial charge in [0.2, 0.25) is 0 Å². The van der Waals surface area contributed by atoms with Gasteiger partial charge in [0.1, 0.15) is 11.4 Å². The first kappa shape index (κ1) is 14.5. The van der Waals surface area contributed by atoms with Crippen LogP contribution in [0, 0.1) is 0 Å². The predicted molar refractivity (Wildman–Crippen MR) is 76.4 cm³/mol. The lowest BCUT2D eigenvalue weighted by atomic mass is 10.2. The minimum absolute atomic E-state index is 0.0689. The summed E-state index contributed by atoms with van der Waals surface area (Å²) >= 11 is 7.22. The average Bonchev–Trinajstić information content (AvgIpc) is 2.85. The molecule has 0 aromatic carbocycles. The van der Waals surface area contributed by atoms with E-state index in [1.807, 2.05) is 13.0 Å². The zero-order chi connectivity index (χ0) is 14.7. The third-order valence-electron chi connectivity index (χ3n) is 2.57. The first-order valence-electron chi connectivity index (χ1n) is 5.74. The van der Waals surface area contributed by atoms with Gasteiger partial charge in [-0.15, -0.1) is 11.3 Å². The van der Waals surface area contributed by atoms with E-state index in [2.05, 4.69) is 10.3 Å². The Labute approximate surface area is 124 Å². The minimum atomic E-state index is -1.17. The number of thiophene rings is 1. The number of carboxylic acid groups (broad SMARTS) is 1. The highest BCUT2D eigenvalue weighted by atomic mass is 35.5. The Hall–Kier alpha value is -1.92. The topological polar surface area (TPSA) is 79.3 Å². The molecule has 0 saturated carbocycles. The number of hydrogen-bond donors (Lipinski definition) is 2. The number of carbonyl (C=O) groups is 2. The molecule has 0 fully saturated rings. The van der Waals surface area contributed by atoms with Gasteiger partial charge in [-0.05, 0) is 31.2 Å². The first-order valence-corrected chi connectivity index (χ1v) is 6.93. The van der Waals surface area contributed by atoms with E-state index in [9.17, 15) is 9.59 Å². The molecule has 20 heavy (non-hydrogen) atoms. The number of hydrogen-bond acceptors (Lipinski definition) is 4. The lowest BCUT2D eigenvalue weighted by Crippen LogP contribution is -2.27. The smallest absolute Gasteiger partial charge is 0.354 e. The summed E-state index contributed by atoms with van der Waals surface area (Å²) in [7, 11) is 0. The Morgan fingerprint density at radius 1 is 1.30 bits per heavy atom. The molecule has 2 heterocycles. The monoisotopic (exact) mass is 310 g/mol. The van der Waals surface area contributed by atoms with Gasteiger partial charge in [0, 0.05) is 4.88 Å². The van der Waals surface area contributed by atoms with Gasteiger partial charge in [-0.3, -0.25) is 4.79 Å². The molecule has 7 heteroatoms. The van der Waals surface area contributed by atoms with Crippen LogP contribution in [0.1, 0.15) is 38.8 Å². The Kier molecular flexibility index (Phi) is 4.36. The maximum Gasteiger partial charge on any atom is 0.354 e. The van der Waals surface area contributed by atoms with Crippen molar-refractivity contribution in [2.45, 2.75) is 13.0 Å². The summed E-state index contributed by atoms with van der Waals surface area (Å²) in [6, 6.07) is 7.65. The van der Waals surface area contributed by atoms with E-state index in [0.717, 1.165) is 4.88 Å². The van der Waals surface area contributed by atoms with Gasteiger partial charge in [0.15, 0.2) is 0 Å². The van der Waals surface area contributed by atoms with Gasteiger partial charge < -0.3 is 10.4 Å². The number of nitrogens with one attached hydrogen (secondary N) is 1. The van der Waals surface area contributed by atoms with E-state index < -0.39 is 11.9 Å². The van der Waals surface area contributed by atoms with Crippen LogP contribution in [-0.2, 0) is 0 Å². The van der Waals surface area contributed by atoms with E-state index in [0.29, 0.717) is 4.34 Å². The molecule has 0 aliphatic heterocycles. The van der Waals surface area contributed by atoms with Crippen molar-refractivity contribution in [1.29, 1.82) is 0 Å². The molecular formula is C13H11ClN2O3S. The fourth-order valence-electron chi connectivity index (χ4n) is 1.58. The van der Waals surface area contributed by atoms with Crippen molar-refractivity contribution in [3.05, 3.63) is 50.9 Å². The van der Waals surface area contributed by atoms with Crippen LogP contribution in [0.2, 0.25) is 4.34 Å². The molecule has 0 spiro atoms. The molecule has 2 aromatic rings. The second-order valence-electron chi connectivity index (χ2n) is 4.05. The van der Waals surface area contributed by atoms with Gasteiger partial charge in [-0.1, -0.05) is 17.7 Å². The lowest BCUT2D eigenvalue weighted by Gasteiger charge is -2.11. The van der Waals surface area contributed by atoms with Crippen molar-refractivity contribution >= 4 is 34.8 Å². The first-order chi connectivity index (χ1) is 9.47. The molecular weight excluding hydrogens is 300 g/mol. The van der Waals surface area contributed by atoms with Crippen LogP contribution >= 0.6 is 22.9 Å². The molecule has 0 saturated heterocycles. The van der Waals surface area contributed by atoms with Crippen LogP contribution in [0.3, 0.4) is 0 Å². The number of amides is 1. The summed E-state index contributed by atoms with van der Waals surface area (Å²) in [5.74, 6) is -1.59. The van der Waals surface area contributed by atoms with Crippen molar-refractivity contribution in [3.8, 4) is 0 Å². The molecule has 0 bridgehead atoms. The number of carboxylic acids is 1. The normalized spacial score (nSPS) is 11.9. The van der Waals surface area contributed by atoms with Crippen molar-refractivity contribution in [2.24, 2.45) is 0 Å². The maximum atomic E-state index is 12.0. The predicted octanol–water partition coefficient (Wildman–Crippen LogP) is 2.99. The summed E-state index contributed by atoms with van der Waals surface area (Å²) < 4.78 is 0.645. The molecule has 5 nitrogen and oxygen atoms in total. The van der Waals surface area contributed by atoms with Crippen molar-refractivity contribution in [1.82, 2.24) is 10.3 Å². The second-order valence-corrected chi connectivity index (χ2v) is 5.80. The second kappa shape index (κ2) is 6.02. The summed E-state index contributed by atoms with van der Waals surface area (Å²) in [6.45, 7) is 1.82. The number of pyridine rings is 1. The van der Waals surface area contributed by atoms with Crippen LogP contribution in [-0.4, -0.2) is 22.0 Å². The highest BCUT2D eigenvalue weighted by Gasteiger charge is 2.15. The Balaban J connectivity index is 2.12. The van der Waals surface area contributed by atoms with Crippen molar-refractivity contribution < 1.29 is 14.7 Å². The van der Waals surface area contributed by atoms with Crippen molar-refractivity contribution in [2.75, 3.05) is 0 Å². The van der Waals surface area contributed by atoms with Crippen LogP contribution in [0.4, 0.5) is 0 Å². The standard InChI is InChI=1S/C13H11ClN2O3S/c1-7(10-5-6-11(14)20-10)15-12(17)8-3-2-4-9(16-8)13(18)19/h2-7H,1H3,(H,15,17)(H,18,19). The van der Waals surface area contributed by atoms with E-state index in [4.69, 9.17) is 16.7 Å². The summed E-state index contributed by atoms with van der Waals surface area (Å²) in [5.41, 5.74) is -0.0936. The quantitative estimate of drug-likeness (QED) is 0.910. The molecule has 2 N–H and O–H groups in total. The van der Waals surface area contributed by atoms with Crippen LogP contribution in [0.5, 0.6) is 0 Å². The number of aromatic carboxylic acids is 1. The minimum Gasteiger partial charge on any atom is -0.477 e. The van der Waals surface area contributed by atoms with Gasteiger partial charge in [-0.25, -0.2) is 9.78 Å².